The molecule has 0 saturated heterocycles. The predicted octanol–water partition coefficient (Wildman–Crippen LogP) is 11.0. The normalized spacial score (nSPS) is 11.5. The van der Waals surface area contributed by atoms with Crippen molar-refractivity contribution in [1.82, 2.24) is 28.9 Å². The van der Waals surface area contributed by atoms with Gasteiger partial charge in [0.25, 0.3) is 0 Å². The molecule has 0 aliphatic heterocycles. The first-order chi connectivity index (χ1) is 25.7. The Kier molecular flexibility index (Phi) is 7.03. The van der Waals surface area contributed by atoms with Crippen LogP contribution >= 0.6 is 0 Å². The van der Waals surface area contributed by atoms with Crippen LogP contribution in [0.1, 0.15) is 0 Å². The van der Waals surface area contributed by atoms with Gasteiger partial charge in [0.1, 0.15) is 5.65 Å². The van der Waals surface area contributed by atoms with Crippen LogP contribution in [0.15, 0.2) is 182 Å². The number of para-hydroxylation sites is 1. The van der Waals surface area contributed by atoms with Gasteiger partial charge in [-0.1, -0.05) is 146 Å². The molecule has 0 spiro atoms. The van der Waals surface area contributed by atoms with E-state index in [9.17, 15) is 0 Å². The van der Waals surface area contributed by atoms with Gasteiger partial charge in [0.15, 0.2) is 11.6 Å². The number of imidazole rings is 1. The molecule has 0 N–H and O–H groups in total. The van der Waals surface area contributed by atoms with Crippen LogP contribution in [0.25, 0.3) is 89.7 Å². The largest absolute Gasteiger partial charge is 0.306 e. The van der Waals surface area contributed by atoms with Crippen molar-refractivity contribution in [1.29, 1.82) is 0 Å². The molecule has 10 aromatic rings. The van der Waals surface area contributed by atoms with E-state index in [0.717, 1.165) is 61.0 Å². The van der Waals surface area contributed by atoms with Crippen molar-refractivity contribution < 1.29 is 0 Å². The van der Waals surface area contributed by atoms with Crippen LogP contribution in [0.3, 0.4) is 0 Å². The second-order valence-corrected chi connectivity index (χ2v) is 12.8. The van der Waals surface area contributed by atoms with Gasteiger partial charge >= 0.3 is 0 Å². The number of benzene rings is 6. The Bertz CT molecular complexity index is 2840. The second kappa shape index (κ2) is 12.3. The number of hydrogen-bond donors (Lipinski definition) is 0. The van der Waals surface area contributed by atoms with E-state index in [-0.39, 0.29) is 0 Å². The molecule has 6 heteroatoms. The van der Waals surface area contributed by atoms with Gasteiger partial charge in [0.2, 0.25) is 5.95 Å². The topological polar surface area (TPSA) is 60.9 Å². The fourth-order valence-electron chi connectivity index (χ4n) is 7.03. The van der Waals surface area contributed by atoms with Crippen LogP contribution in [0.4, 0.5) is 0 Å². The zero-order valence-electron chi connectivity index (χ0n) is 28.0. The monoisotopic (exact) mass is 666 g/mol. The van der Waals surface area contributed by atoms with Gasteiger partial charge in [-0.2, -0.15) is 9.97 Å². The second-order valence-electron chi connectivity index (χ2n) is 12.8. The van der Waals surface area contributed by atoms with Crippen LogP contribution in [0, 0.1) is 0 Å². The maximum atomic E-state index is 5.18. The first-order valence-electron chi connectivity index (χ1n) is 17.3. The summed E-state index contributed by atoms with van der Waals surface area (Å²) in [7, 11) is 0. The third-order valence-electron chi connectivity index (χ3n) is 9.66. The lowest BCUT2D eigenvalue weighted by Crippen LogP contribution is -2.06. The fourth-order valence-corrected chi connectivity index (χ4v) is 7.03. The van der Waals surface area contributed by atoms with Gasteiger partial charge in [0.05, 0.1) is 16.7 Å². The maximum Gasteiger partial charge on any atom is 0.238 e. The summed E-state index contributed by atoms with van der Waals surface area (Å²) in [6.45, 7) is 0. The number of pyridine rings is 1. The van der Waals surface area contributed by atoms with E-state index in [2.05, 4.69) is 126 Å². The summed E-state index contributed by atoms with van der Waals surface area (Å²) in [5.41, 5.74) is 11.4. The first-order valence-corrected chi connectivity index (χ1v) is 17.3. The molecule has 0 radical (unpaired) electrons. The first kappa shape index (κ1) is 29.7. The Morgan fingerprint density at radius 2 is 0.885 bits per heavy atom. The summed E-state index contributed by atoms with van der Waals surface area (Å²) < 4.78 is 4.20. The highest BCUT2D eigenvalue weighted by atomic mass is 15.2. The lowest BCUT2D eigenvalue weighted by molar-refractivity contribution is 0.953. The quantitative estimate of drug-likeness (QED) is 0.177. The van der Waals surface area contributed by atoms with Gasteiger partial charge in [-0.3, -0.25) is 4.57 Å². The molecule has 0 amide bonds. The van der Waals surface area contributed by atoms with Crippen molar-refractivity contribution in [2.45, 2.75) is 0 Å². The predicted molar refractivity (Wildman–Crippen MR) is 210 cm³/mol. The average Bonchev–Trinajstić information content (AvgIpc) is 3.81. The zero-order chi connectivity index (χ0) is 34.4. The highest BCUT2D eigenvalue weighted by molar-refractivity contribution is 6.10. The lowest BCUT2D eigenvalue weighted by atomic mass is 9.99. The molecule has 244 valence electrons. The average molecular weight is 667 g/mol. The fraction of sp³-hybridized carbons (Fsp3) is 0. The van der Waals surface area contributed by atoms with Crippen LogP contribution in [-0.2, 0) is 0 Å². The Hall–Kier alpha value is -7.18. The Morgan fingerprint density at radius 1 is 0.365 bits per heavy atom. The SMILES string of the molecule is c1ccc(-c2ccc(-c3ccc(-c4nc(-c5ccccc5)nc(-n5c6ccccc6c6ccc(-c7cn8ccccc8n7)cc65)n4)cc3)cc2)cc1. The molecular formula is C46H30N6. The van der Waals surface area contributed by atoms with Crippen molar-refractivity contribution in [3.8, 4) is 62.2 Å². The molecule has 10 rings (SSSR count). The molecule has 6 nitrogen and oxygen atoms in total. The summed E-state index contributed by atoms with van der Waals surface area (Å²) >= 11 is 0. The zero-order valence-corrected chi connectivity index (χ0v) is 28.0. The van der Waals surface area contributed by atoms with Crippen molar-refractivity contribution in [2.24, 2.45) is 0 Å². The number of hydrogen-bond acceptors (Lipinski definition) is 4. The molecule has 0 saturated carbocycles. The summed E-state index contributed by atoms with van der Waals surface area (Å²) in [5.74, 6) is 1.78. The maximum absolute atomic E-state index is 5.18. The highest BCUT2D eigenvalue weighted by Crippen LogP contribution is 2.35. The van der Waals surface area contributed by atoms with Gasteiger partial charge in [-0.25, -0.2) is 9.97 Å². The third kappa shape index (κ3) is 5.22. The molecule has 4 heterocycles. The molecule has 0 fully saturated rings. The van der Waals surface area contributed by atoms with Gasteiger partial charge in [-0.05, 0) is 46.5 Å². The third-order valence-corrected chi connectivity index (χ3v) is 9.66. The minimum atomic E-state index is 0.558. The summed E-state index contributed by atoms with van der Waals surface area (Å²) in [6.07, 6.45) is 4.09. The molecular weight excluding hydrogens is 637 g/mol. The number of fused-ring (bicyclic) bond motifs is 4. The van der Waals surface area contributed by atoms with Crippen molar-refractivity contribution >= 4 is 27.5 Å². The molecule has 4 aromatic heterocycles. The molecule has 0 unspecified atom stereocenters. The number of nitrogens with zero attached hydrogens (tertiary/aromatic N) is 6. The minimum absolute atomic E-state index is 0.558. The van der Waals surface area contributed by atoms with Crippen LogP contribution < -0.4 is 0 Å². The van der Waals surface area contributed by atoms with Crippen LogP contribution in [0.2, 0.25) is 0 Å². The smallest absolute Gasteiger partial charge is 0.238 e. The summed E-state index contributed by atoms with van der Waals surface area (Å²) in [6, 6.07) is 58.7. The van der Waals surface area contributed by atoms with Crippen LogP contribution in [0.5, 0.6) is 0 Å². The van der Waals surface area contributed by atoms with E-state index >= 15 is 0 Å². The Labute approximate surface area is 300 Å². The van der Waals surface area contributed by atoms with Crippen molar-refractivity contribution in [2.75, 3.05) is 0 Å². The molecule has 6 aromatic carbocycles. The summed E-state index contributed by atoms with van der Waals surface area (Å²) in [5, 5.41) is 2.25. The highest BCUT2D eigenvalue weighted by Gasteiger charge is 2.19. The summed E-state index contributed by atoms with van der Waals surface area (Å²) in [4.78, 5) is 20.3. The van der Waals surface area contributed by atoms with E-state index in [4.69, 9.17) is 19.9 Å². The molecule has 52 heavy (non-hydrogen) atoms. The molecule has 0 aliphatic carbocycles. The number of rotatable bonds is 6. The van der Waals surface area contributed by atoms with Crippen molar-refractivity contribution in [3.63, 3.8) is 0 Å². The van der Waals surface area contributed by atoms with E-state index in [1.165, 1.54) is 11.1 Å². The van der Waals surface area contributed by atoms with E-state index in [1.54, 1.807) is 0 Å². The molecule has 0 atom stereocenters. The van der Waals surface area contributed by atoms with Gasteiger partial charge in [0, 0.05) is 39.9 Å². The molecule has 0 aliphatic rings. The standard InChI is InChI=1S/C46H30N6/c1-3-11-31(12-4-1)32-18-20-33(21-19-32)34-22-24-36(25-23-34)45-48-44(35-13-5-2-6-14-35)49-46(50-45)52-41-16-8-7-15-38(41)39-27-26-37(29-42(39)52)40-30-51-28-10-9-17-43(51)47-40/h1-30H. The number of aromatic nitrogens is 6. The van der Waals surface area contributed by atoms with Gasteiger partial charge in [-0.15, -0.1) is 0 Å². The molecule has 0 bridgehead atoms. The van der Waals surface area contributed by atoms with E-state index < -0.39 is 0 Å². The minimum Gasteiger partial charge on any atom is -0.306 e. The Balaban J connectivity index is 1.11. The van der Waals surface area contributed by atoms with E-state index in [0.29, 0.717) is 17.6 Å². The lowest BCUT2D eigenvalue weighted by Gasteiger charge is -2.11. The Morgan fingerprint density at radius 3 is 1.56 bits per heavy atom. The van der Waals surface area contributed by atoms with Crippen LogP contribution in [-0.4, -0.2) is 28.9 Å². The van der Waals surface area contributed by atoms with Crippen molar-refractivity contribution in [3.05, 3.63) is 182 Å². The van der Waals surface area contributed by atoms with E-state index in [1.807, 2.05) is 65.2 Å². The van der Waals surface area contributed by atoms with Gasteiger partial charge < -0.3 is 4.40 Å².